The highest BCUT2D eigenvalue weighted by molar-refractivity contribution is 5.36. The van der Waals surface area contributed by atoms with Gasteiger partial charge in [0.25, 0.3) is 0 Å². The van der Waals surface area contributed by atoms with Crippen molar-refractivity contribution in [1.82, 2.24) is 0 Å². The zero-order valence-electron chi connectivity index (χ0n) is 8.09. The molecule has 3 heteroatoms. The van der Waals surface area contributed by atoms with Crippen LogP contribution < -0.4 is 4.74 Å². The molecule has 0 saturated heterocycles. The van der Waals surface area contributed by atoms with Crippen LogP contribution >= 0.6 is 0 Å². The molecule has 1 aliphatic carbocycles. The van der Waals surface area contributed by atoms with Gasteiger partial charge < -0.3 is 9.84 Å². The van der Waals surface area contributed by atoms with E-state index in [2.05, 4.69) is 0 Å². The minimum Gasteiger partial charge on any atom is -0.496 e. The minimum atomic E-state index is -0.685. The Balaban J connectivity index is 2.29. The molecule has 1 saturated carbocycles. The highest BCUT2D eigenvalue weighted by atomic mass is 19.1. The Morgan fingerprint density at radius 1 is 1.50 bits per heavy atom. The smallest absolute Gasteiger partial charge is 0.130 e. The Labute approximate surface area is 82.3 Å². The first-order valence-electron chi connectivity index (χ1n) is 4.68. The largest absolute Gasteiger partial charge is 0.496 e. The van der Waals surface area contributed by atoms with Crippen molar-refractivity contribution in [2.45, 2.75) is 24.9 Å². The lowest BCUT2D eigenvalue weighted by Gasteiger charge is -2.12. The molecule has 1 aliphatic rings. The highest BCUT2D eigenvalue weighted by Crippen LogP contribution is 2.40. The van der Waals surface area contributed by atoms with E-state index < -0.39 is 5.60 Å². The highest BCUT2D eigenvalue weighted by Gasteiger charge is 2.41. The summed E-state index contributed by atoms with van der Waals surface area (Å²) in [6, 6.07) is 4.71. The van der Waals surface area contributed by atoms with Crippen LogP contribution in [0, 0.1) is 5.82 Å². The summed E-state index contributed by atoms with van der Waals surface area (Å²) >= 11 is 0. The summed E-state index contributed by atoms with van der Waals surface area (Å²) in [7, 11) is 1.51. The molecule has 1 fully saturated rings. The SMILES string of the molecule is COc1cccc(F)c1CC1(O)CC1. The fourth-order valence-corrected chi connectivity index (χ4v) is 1.55. The molecule has 0 unspecified atom stereocenters. The summed E-state index contributed by atoms with van der Waals surface area (Å²) in [5.74, 6) is 0.218. The zero-order valence-corrected chi connectivity index (χ0v) is 8.09. The molecule has 0 aromatic heterocycles. The van der Waals surface area contributed by atoms with Gasteiger partial charge in [-0.05, 0) is 25.0 Å². The molecular formula is C11H13FO2. The Morgan fingerprint density at radius 2 is 2.21 bits per heavy atom. The van der Waals surface area contributed by atoms with Gasteiger partial charge in [-0.15, -0.1) is 0 Å². The van der Waals surface area contributed by atoms with Crippen molar-refractivity contribution in [3.63, 3.8) is 0 Å². The van der Waals surface area contributed by atoms with Crippen LogP contribution in [0.1, 0.15) is 18.4 Å². The third-order valence-electron chi connectivity index (χ3n) is 2.63. The average molecular weight is 196 g/mol. The van der Waals surface area contributed by atoms with Crippen molar-refractivity contribution < 1.29 is 14.2 Å². The van der Waals surface area contributed by atoms with Gasteiger partial charge in [-0.25, -0.2) is 4.39 Å². The molecule has 0 spiro atoms. The van der Waals surface area contributed by atoms with E-state index in [4.69, 9.17) is 4.74 Å². The second-order valence-corrected chi connectivity index (χ2v) is 3.82. The Morgan fingerprint density at radius 3 is 2.79 bits per heavy atom. The summed E-state index contributed by atoms with van der Waals surface area (Å²) in [6.45, 7) is 0. The Kier molecular flexibility index (Phi) is 2.19. The van der Waals surface area contributed by atoms with E-state index in [1.54, 1.807) is 12.1 Å². The van der Waals surface area contributed by atoms with Crippen LogP contribution in [-0.4, -0.2) is 17.8 Å². The van der Waals surface area contributed by atoms with Crippen molar-refractivity contribution in [3.8, 4) is 5.75 Å². The normalized spacial score (nSPS) is 17.9. The number of ether oxygens (including phenoxy) is 1. The first-order valence-corrected chi connectivity index (χ1v) is 4.68. The molecular weight excluding hydrogens is 183 g/mol. The van der Waals surface area contributed by atoms with Gasteiger partial charge in [0.15, 0.2) is 0 Å². The molecule has 0 radical (unpaired) electrons. The summed E-state index contributed by atoms with van der Waals surface area (Å²) < 4.78 is 18.5. The number of benzene rings is 1. The topological polar surface area (TPSA) is 29.5 Å². The molecule has 0 atom stereocenters. The maximum absolute atomic E-state index is 13.4. The van der Waals surface area contributed by atoms with E-state index in [-0.39, 0.29) is 5.82 Å². The third-order valence-corrected chi connectivity index (χ3v) is 2.63. The lowest BCUT2D eigenvalue weighted by Crippen LogP contribution is -2.13. The second-order valence-electron chi connectivity index (χ2n) is 3.82. The van der Waals surface area contributed by atoms with Gasteiger partial charge in [0, 0.05) is 12.0 Å². The monoisotopic (exact) mass is 196 g/mol. The van der Waals surface area contributed by atoms with E-state index in [0.29, 0.717) is 17.7 Å². The number of hydrogen-bond donors (Lipinski definition) is 1. The molecule has 0 amide bonds. The summed E-state index contributed by atoms with van der Waals surface area (Å²) in [5, 5.41) is 9.70. The molecule has 1 aromatic rings. The number of aliphatic hydroxyl groups is 1. The summed E-state index contributed by atoms with van der Waals surface area (Å²) in [6.07, 6.45) is 1.86. The van der Waals surface area contributed by atoms with Crippen molar-refractivity contribution >= 4 is 0 Å². The van der Waals surface area contributed by atoms with E-state index in [1.807, 2.05) is 0 Å². The average Bonchev–Trinajstić information content (AvgIpc) is 2.88. The van der Waals surface area contributed by atoms with Crippen molar-refractivity contribution in [2.24, 2.45) is 0 Å². The lowest BCUT2D eigenvalue weighted by molar-refractivity contribution is 0.148. The van der Waals surface area contributed by atoms with Gasteiger partial charge in [0.05, 0.1) is 12.7 Å². The molecule has 0 bridgehead atoms. The molecule has 1 aromatic carbocycles. The van der Waals surface area contributed by atoms with Crippen LogP contribution in [0.25, 0.3) is 0 Å². The Hall–Kier alpha value is -1.09. The van der Waals surface area contributed by atoms with E-state index in [1.165, 1.54) is 13.2 Å². The first kappa shape index (κ1) is 9.46. The predicted octanol–water partition coefficient (Wildman–Crippen LogP) is 1.90. The van der Waals surface area contributed by atoms with E-state index in [0.717, 1.165) is 12.8 Å². The fourth-order valence-electron chi connectivity index (χ4n) is 1.55. The lowest BCUT2D eigenvalue weighted by atomic mass is 10.0. The van der Waals surface area contributed by atoms with Gasteiger partial charge in [0.2, 0.25) is 0 Å². The van der Waals surface area contributed by atoms with Gasteiger partial charge in [-0.3, -0.25) is 0 Å². The van der Waals surface area contributed by atoms with Gasteiger partial charge in [0.1, 0.15) is 11.6 Å². The molecule has 2 nitrogen and oxygen atoms in total. The van der Waals surface area contributed by atoms with Crippen LogP contribution in [0.4, 0.5) is 4.39 Å². The standard InChI is InChI=1S/C11H13FO2/c1-14-10-4-2-3-9(12)8(10)7-11(13)5-6-11/h2-4,13H,5-7H2,1H3. The van der Waals surface area contributed by atoms with Crippen molar-refractivity contribution in [3.05, 3.63) is 29.6 Å². The predicted molar refractivity (Wildman–Crippen MR) is 50.8 cm³/mol. The zero-order chi connectivity index (χ0) is 10.2. The molecule has 1 N–H and O–H groups in total. The maximum atomic E-state index is 13.4. The maximum Gasteiger partial charge on any atom is 0.130 e. The molecule has 0 aliphatic heterocycles. The summed E-state index contributed by atoms with van der Waals surface area (Å²) in [5.41, 5.74) is -0.204. The van der Waals surface area contributed by atoms with Crippen LogP contribution in [0.2, 0.25) is 0 Å². The molecule has 0 heterocycles. The van der Waals surface area contributed by atoms with Gasteiger partial charge in [-0.1, -0.05) is 6.07 Å². The second kappa shape index (κ2) is 3.24. The van der Waals surface area contributed by atoms with Gasteiger partial charge >= 0.3 is 0 Å². The number of rotatable bonds is 3. The number of halogens is 1. The molecule has 76 valence electrons. The fraction of sp³-hybridized carbons (Fsp3) is 0.455. The molecule has 2 rings (SSSR count). The quantitative estimate of drug-likeness (QED) is 0.800. The van der Waals surface area contributed by atoms with Gasteiger partial charge in [-0.2, -0.15) is 0 Å². The van der Waals surface area contributed by atoms with Crippen LogP contribution in [0.3, 0.4) is 0 Å². The van der Waals surface area contributed by atoms with E-state index in [9.17, 15) is 9.50 Å². The van der Waals surface area contributed by atoms with Crippen LogP contribution in [-0.2, 0) is 6.42 Å². The minimum absolute atomic E-state index is 0.301. The third kappa shape index (κ3) is 1.73. The van der Waals surface area contributed by atoms with E-state index >= 15 is 0 Å². The Bertz CT molecular complexity index is 345. The number of methoxy groups -OCH3 is 1. The summed E-state index contributed by atoms with van der Waals surface area (Å²) in [4.78, 5) is 0. The van der Waals surface area contributed by atoms with Crippen molar-refractivity contribution in [2.75, 3.05) is 7.11 Å². The van der Waals surface area contributed by atoms with Crippen LogP contribution in [0.15, 0.2) is 18.2 Å². The molecule has 14 heavy (non-hydrogen) atoms. The first-order chi connectivity index (χ1) is 6.64. The number of hydrogen-bond acceptors (Lipinski definition) is 2. The van der Waals surface area contributed by atoms with Crippen LogP contribution in [0.5, 0.6) is 5.75 Å². The van der Waals surface area contributed by atoms with Crippen molar-refractivity contribution in [1.29, 1.82) is 0 Å².